The number of carbonyl (C=O) groups excluding carboxylic acids is 1. The zero-order valence-corrected chi connectivity index (χ0v) is 11.7. The minimum atomic E-state index is -4.45. The summed E-state index contributed by atoms with van der Waals surface area (Å²) in [4.78, 5) is 12.5. The van der Waals surface area contributed by atoms with Gasteiger partial charge in [0, 0.05) is 17.6 Å². The topological polar surface area (TPSA) is 59.0 Å². The first-order valence-electron chi connectivity index (χ1n) is 6.10. The number of alkyl halides is 3. The molecule has 0 spiro atoms. The number of nitrogens with zero attached hydrogens (tertiary/aromatic N) is 2. The maximum absolute atomic E-state index is 12.3. The first-order chi connectivity index (χ1) is 9.95. The highest BCUT2D eigenvalue weighted by atomic mass is 32.1. The molecule has 0 unspecified atom stereocenters. The van der Waals surface area contributed by atoms with Crippen LogP contribution in [0.2, 0.25) is 0 Å². The second kappa shape index (κ2) is 6.61. The molecule has 0 aromatic carbocycles. The second-order valence-corrected chi connectivity index (χ2v) is 5.18. The van der Waals surface area contributed by atoms with Gasteiger partial charge in [0.2, 0.25) is 0 Å². The van der Waals surface area contributed by atoms with Crippen LogP contribution in [0.5, 0.6) is 0 Å². The maximum atomic E-state index is 12.3. The lowest BCUT2D eigenvalue weighted by Gasteiger charge is -2.07. The highest BCUT2D eigenvalue weighted by Crippen LogP contribution is 2.27. The molecule has 2 heterocycles. The third-order valence-corrected chi connectivity index (χ3v) is 3.44. The fourth-order valence-corrected chi connectivity index (χ4v) is 2.21. The van der Waals surface area contributed by atoms with Crippen molar-refractivity contribution in [2.45, 2.75) is 19.3 Å². The predicted octanol–water partition coefficient (Wildman–Crippen LogP) is 2.46. The van der Waals surface area contributed by atoms with Crippen molar-refractivity contribution >= 4 is 17.4 Å². The molecule has 2 aromatic rings. The summed E-state index contributed by atoms with van der Waals surface area (Å²) in [5.41, 5.74) is -0.940. The lowest BCUT2D eigenvalue weighted by atomic mass is 10.4. The highest BCUT2D eigenvalue weighted by Gasteiger charge is 2.33. The number of amides is 2. The number of thiophene rings is 1. The Hall–Kier alpha value is -2.03. The van der Waals surface area contributed by atoms with E-state index in [0.717, 1.165) is 15.6 Å². The van der Waals surface area contributed by atoms with E-state index in [9.17, 15) is 18.0 Å². The molecular weight excluding hydrogens is 305 g/mol. The Morgan fingerprint density at radius 2 is 2.14 bits per heavy atom. The van der Waals surface area contributed by atoms with Crippen LogP contribution in [0.4, 0.5) is 18.0 Å². The molecule has 114 valence electrons. The van der Waals surface area contributed by atoms with Gasteiger partial charge in [-0.25, -0.2) is 4.79 Å². The Balaban J connectivity index is 1.69. The molecule has 2 rings (SSSR count). The molecule has 0 saturated heterocycles. The molecular formula is C12H13F3N4OS. The fourth-order valence-electron chi connectivity index (χ4n) is 1.56. The summed E-state index contributed by atoms with van der Waals surface area (Å²) in [6.07, 6.45) is -3.22. The number of hydrogen-bond donors (Lipinski definition) is 2. The summed E-state index contributed by atoms with van der Waals surface area (Å²) in [5, 5.41) is 10.5. The van der Waals surface area contributed by atoms with E-state index in [1.165, 1.54) is 17.5 Å². The van der Waals surface area contributed by atoms with Gasteiger partial charge in [-0.2, -0.15) is 18.3 Å². The van der Waals surface area contributed by atoms with E-state index in [4.69, 9.17) is 0 Å². The molecule has 2 N–H and O–H groups in total. The van der Waals surface area contributed by atoms with E-state index in [1.807, 2.05) is 17.5 Å². The molecule has 0 saturated carbocycles. The van der Waals surface area contributed by atoms with Crippen molar-refractivity contribution < 1.29 is 18.0 Å². The number of aromatic nitrogens is 2. The van der Waals surface area contributed by atoms with Gasteiger partial charge in [0.05, 0.1) is 13.1 Å². The van der Waals surface area contributed by atoms with Gasteiger partial charge in [-0.05, 0) is 17.5 Å². The molecule has 0 atom stereocenters. The van der Waals surface area contributed by atoms with Crippen LogP contribution in [0.1, 0.15) is 10.6 Å². The van der Waals surface area contributed by atoms with Crippen molar-refractivity contribution in [3.63, 3.8) is 0 Å². The number of urea groups is 1. The smallest absolute Gasteiger partial charge is 0.336 e. The zero-order valence-electron chi connectivity index (χ0n) is 10.9. The average molecular weight is 318 g/mol. The predicted molar refractivity (Wildman–Crippen MR) is 71.8 cm³/mol. The summed E-state index contributed by atoms with van der Waals surface area (Å²) in [7, 11) is 0. The van der Waals surface area contributed by atoms with Gasteiger partial charge in [-0.15, -0.1) is 11.3 Å². The minimum absolute atomic E-state index is 0.169. The van der Waals surface area contributed by atoms with E-state index in [0.29, 0.717) is 6.54 Å². The largest absolute Gasteiger partial charge is 0.435 e. The Morgan fingerprint density at radius 1 is 1.33 bits per heavy atom. The Labute approximate surface area is 122 Å². The molecule has 9 heteroatoms. The van der Waals surface area contributed by atoms with Crippen molar-refractivity contribution in [1.29, 1.82) is 0 Å². The molecule has 21 heavy (non-hydrogen) atoms. The van der Waals surface area contributed by atoms with Crippen LogP contribution in [0.25, 0.3) is 0 Å². The third kappa shape index (κ3) is 4.78. The van der Waals surface area contributed by atoms with Crippen LogP contribution in [0.15, 0.2) is 29.8 Å². The summed E-state index contributed by atoms with van der Waals surface area (Å²) in [6.45, 7) is 0.779. The number of carbonyl (C=O) groups is 1. The molecule has 2 aromatic heterocycles. The van der Waals surface area contributed by atoms with Crippen molar-refractivity contribution in [1.82, 2.24) is 20.4 Å². The summed E-state index contributed by atoms with van der Waals surface area (Å²) >= 11 is 1.53. The summed E-state index contributed by atoms with van der Waals surface area (Å²) in [5.74, 6) is 0. The van der Waals surface area contributed by atoms with Gasteiger partial charge in [-0.3, -0.25) is 4.68 Å². The molecule has 5 nitrogen and oxygen atoms in total. The molecule has 0 aliphatic heterocycles. The standard InChI is InChI=1S/C12H13F3N4OS/c13-12(14,15)10-3-5-19(18-10)6-4-16-11(20)17-8-9-2-1-7-21-9/h1-3,5,7H,4,6,8H2,(H2,16,17,20). The van der Waals surface area contributed by atoms with Gasteiger partial charge in [0.1, 0.15) is 0 Å². The number of hydrogen-bond acceptors (Lipinski definition) is 3. The zero-order chi connectivity index (χ0) is 15.3. The van der Waals surface area contributed by atoms with Gasteiger partial charge in [-0.1, -0.05) is 6.07 Å². The van der Waals surface area contributed by atoms with Gasteiger partial charge in [0.25, 0.3) is 0 Å². The van der Waals surface area contributed by atoms with E-state index in [1.54, 1.807) is 0 Å². The van der Waals surface area contributed by atoms with E-state index in [-0.39, 0.29) is 19.1 Å². The first-order valence-corrected chi connectivity index (χ1v) is 6.98. The Bertz CT molecular complexity index is 580. The van der Waals surface area contributed by atoms with Crippen LogP contribution in [0, 0.1) is 0 Å². The third-order valence-electron chi connectivity index (χ3n) is 2.56. The van der Waals surface area contributed by atoms with Gasteiger partial charge < -0.3 is 10.6 Å². The Morgan fingerprint density at radius 3 is 2.76 bits per heavy atom. The molecule has 0 fully saturated rings. The van der Waals surface area contributed by atoms with Crippen LogP contribution in [0.3, 0.4) is 0 Å². The lowest BCUT2D eigenvalue weighted by Crippen LogP contribution is -2.36. The fraction of sp³-hybridized carbons (Fsp3) is 0.333. The quantitative estimate of drug-likeness (QED) is 0.890. The highest BCUT2D eigenvalue weighted by molar-refractivity contribution is 7.09. The van der Waals surface area contributed by atoms with E-state index in [2.05, 4.69) is 15.7 Å². The molecule has 0 radical (unpaired) electrons. The second-order valence-electron chi connectivity index (χ2n) is 4.15. The van der Waals surface area contributed by atoms with Crippen molar-refractivity contribution in [3.8, 4) is 0 Å². The summed E-state index contributed by atoms with van der Waals surface area (Å²) < 4.78 is 38.1. The molecule has 0 aliphatic rings. The maximum Gasteiger partial charge on any atom is 0.435 e. The van der Waals surface area contributed by atoms with Crippen LogP contribution in [-0.4, -0.2) is 22.4 Å². The van der Waals surface area contributed by atoms with Crippen LogP contribution < -0.4 is 10.6 Å². The molecule has 0 bridgehead atoms. The first kappa shape index (κ1) is 15.4. The SMILES string of the molecule is O=C(NCCn1ccc(C(F)(F)F)n1)NCc1cccs1. The monoisotopic (exact) mass is 318 g/mol. The van der Waals surface area contributed by atoms with Crippen LogP contribution >= 0.6 is 11.3 Å². The molecule has 2 amide bonds. The van der Waals surface area contributed by atoms with E-state index >= 15 is 0 Å². The number of nitrogens with one attached hydrogen (secondary N) is 2. The van der Waals surface area contributed by atoms with Crippen molar-refractivity contribution in [2.75, 3.05) is 6.54 Å². The number of halogens is 3. The van der Waals surface area contributed by atoms with E-state index < -0.39 is 11.9 Å². The Kier molecular flexibility index (Phi) is 4.84. The lowest BCUT2D eigenvalue weighted by molar-refractivity contribution is -0.141. The van der Waals surface area contributed by atoms with Gasteiger partial charge >= 0.3 is 12.2 Å². The van der Waals surface area contributed by atoms with Crippen molar-refractivity contribution in [2.24, 2.45) is 0 Å². The molecule has 0 aliphatic carbocycles. The number of rotatable bonds is 5. The van der Waals surface area contributed by atoms with Crippen LogP contribution in [-0.2, 0) is 19.3 Å². The summed E-state index contributed by atoms with van der Waals surface area (Å²) in [6, 6.07) is 4.31. The van der Waals surface area contributed by atoms with Crippen molar-refractivity contribution in [3.05, 3.63) is 40.3 Å². The minimum Gasteiger partial charge on any atom is -0.336 e. The van der Waals surface area contributed by atoms with Gasteiger partial charge in [0.15, 0.2) is 5.69 Å². The average Bonchev–Trinajstić information content (AvgIpc) is 3.07. The normalized spacial score (nSPS) is 11.4.